The molecule has 294 valence electrons. The van der Waals surface area contributed by atoms with Crippen LogP contribution in [0.25, 0.3) is 65.9 Å². The molecule has 1 N–H and O–H groups in total. The lowest BCUT2D eigenvalue weighted by molar-refractivity contribution is -0.132. The van der Waals surface area contributed by atoms with Gasteiger partial charge < -0.3 is 19.1 Å². The monoisotopic (exact) mass is 790 g/mol. The number of allylic oxidation sites excluding steroid dienone is 4. The Balaban J connectivity index is 1.04. The molecule has 0 aliphatic heterocycles. The first-order valence-electron chi connectivity index (χ1n) is 20.6. The summed E-state index contributed by atoms with van der Waals surface area (Å²) in [5.41, 5.74) is 12.2. The average molecular weight is 791 g/mol. The van der Waals surface area contributed by atoms with Gasteiger partial charge in [-0.15, -0.1) is 0 Å². The van der Waals surface area contributed by atoms with Crippen LogP contribution in [-0.2, 0) is 4.79 Å². The molecule has 2 heterocycles. The number of aliphatic carboxylic acids is 1. The number of hydrogen-bond acceptors (Lipinski definition) is 2. The Morgan fingerprint density at radius 1 is 0.574 bits per heavy atom. The number of benzene rings is 7. The number of carbonyl (C=O) groups is 1. The van der Waals surface area contributed by atoms with Gasteiger partial charge in [0.2, 0.25) is 0 Å². The van der Waals surface area contributed by atoms with Gasteiger partial charge in [-0.05, 0) is 120 Å². The highest BCUT2D eigenvalue weighted by Crippen LogP contribution is 2.41. The van der Waals surface area contributed by atoms with Crippen molar-refractivity contribution in [3.05, 3.63) is 216 Å². The second-order valence-corrected chi connectivity index (χ2v) is 16.6. The van der Waals surface area contributed by atoms with Gasteiger partial charge in [0, 0.05) is 50.0 Å². The van der Waals surface area contributed by atoms with Crippen LogP contribution in [0.2, 0.25) is 0 Å². The zero-order chi connectivity index (χ0) is 41.7. The maximum absolute atomic E-state index is 11.8. The second-order valence-electron chi connectivity index (χ2n) is 16.6. The first-order valence-corrected chi connectivity index (χ1v) is 20.6. The maximum atomic E-state index is 11.8. The summed E-state index contributed by atoms with van der Waals surface area (Å²) in [6, 6.07) is 60.5. The summed E-state index contributed by atoms with van der Waals surface area (Å²) in [5, 5.41) is 14.6. The predicted octanol–water partition coefficient (Wildman–Crippen LogP) is 14.4. The fourth-order valence-electron chi connectivity index (χ4n) is 9.26. The van der Waals surface area contributed by atoms with E-state index in [1.807, 2.05) is 6.08 Å². The van der Waals surface area contributed by atoms with Gasteiger partial charge in [0.15, 0.2) is 0 Å². The van der Waals surface area contributed by atoms with Gasteiger partial charge in [0.25, 0.3) is 5.70 Å². The van der Waals surface area contributed by atoms with Crippen LogP contribution in [0.1, 0.15) is 32.3 Å². The van der Waals surface area contributed by atoms with Crippen LogP contribution in [0.15, 0.2) is 199 Å². The van der Waals surface area contributed by atoms with Crippen LogP contribution >= 0.6 is 0 Å². The number of anilines is 3. The Hall–Kier alpha value is -7.88. The Bertz CT molecular complexity index is 3030. The van der Waals surface area contributed by atoms with E-state index in [1.165, 1.54) is 43.6 Å². The molecule has 0 fully saturated rings. The van der Waals surface area contributed by atoms with Crippen molar-refractivity contribution in [2.24, 2.45) is 5.41 Å². The molecule has 10 rings (SSSR count). The van der Waals surface area contributed by atoms with Crippen molar-refractivity contribution >= 4 is 72.7 Å². The molecule has 6 nitrogen and oxygen atoms in total. The third-order valence-corrected chi connectivity index (χ3v) is 11.9. The minimum atomic E-state index is -1.18. The molecule has 0 bridgehead atoms. The predicted molar refractivity (Wildman–Crippen MR) is 251 cm³/mol. The summed E-state index contributed by atoms with van der Waals surface area (Å²) in [6.45, 7) is 11.7. The number of fused-ring (bicyclic) bond motifs is 6. The van der Waals surface area contributed by atoms with E-state index in [1.54, 1.807) is 0 Å². The minimum absolute atomic E-state index is 0.159. The summed E-state index contributed by atoms with van der Waals surface area (Å²) in [4.78, 5) is 17.5. The van der Waals surface area contributed by atoms with Gasteiger partial charge in [-0.3, -0.25) is 4.79 Å². The van der Waals surface area contributed by atoms with E-state index in [-0.39, 0.29) is 11.1 Å². The maximum Gasteiger partial charge on any atom is 0.334 e. The molecule has 6 heteroatoms. The Morgan fingerprint density at radius 2 is 0.967 bits per heavy atom. The first kappa shape index (κ1) is 37.4. The molecular formula is C55H42N4O2. The first-order chi connectivity index (χ1) is 29.8. The number of carboxylic acids is 1. The number of aromatic nitrogens is 2. The average Bonchev–Trinajstić information content (AvgIpc) is 3.80. The van der Waals surface area contributed by atoms with Gasteiger partial charge in [-0.1, -0.05) is 117 Å². The van der Waals surface area contributed by atoms with E-state index in [0.29, 0.717) is 12.0 Å². The molecule has 61 heavy (non-hydrogen) atoms. The van der Waals surface area contributed by atoms with Gasteiger partial charge in [-0.2, -0.15) is 0 Å². The quantitative estimate of drug-likeness (QED) is 0.123. The van der Waals surface area contributed by atoms with Gasteiger partial charge in [-0.25, -0.2) is 4.85 Å². The zero-order valence-electron chi connectivity index (χ0n) is 34.0. The smallest absolute Gasteiger partial charge is 0.334 e. The molecule has 0 spiro atoms. The Labute approximate surface area is 354 Å². The minimum Gasteiger partial charge on any atom is -0.486 e. The fraction of sp³-hybridized carbons (Fsp3) is 0.0909. The number of carboxylic acid groups (broad SMARTS) is 1. The molecule has 0 saturated heterocycles. The second kappa shape index (κ2) is 15.1. The molecule has 2 aromatic heterocycles. The van der Waals surface area contributed by atoms with E-state index < -0.39 is 5.97 Å². The molecule has 0 amide bonds. The van der Waals surface area contributed by atoms with Crippen molar-refractivity contribution < 1.29 is 9.90 Å². The van der Waals surface area contributed by atoms with E-state index in [4.69, 9.17) is 6.57 Å². The summed E-state index contributed by atoms with van der Waals surface area (Å²) < 4.78 is 4.68. The van der Waals surface area contributed by atoms with Crippen LogP contribution in [0.4, 0.5) is 17.1 Å². The molecule has 0 radical (unpaired) electrons. The fourth-order valence-corrected chi connectivity index (χ4v) is 9.26. The van der Waals surface area contributed by atoms with Crippen LogP contribution in [0.5, 0.6) is 0 Å². The van der Waals surface area contributed by atoms with Gasteiger partial charge >= 0.3 is 5.97 Å². The number of nitrogens with zero attached hydrogens (tertiary/aromatic N) is 4. The lowest BCUT2D eigenvalue weighted by Crippen LogP contribution is -2.18. The third kappa shape index (κ3) is 6.76. The van der Waals surface area contributed by atoms with Gasteiger partial charge in [0.1, 0.15) is 0 Å². The molecule has 0 unspecified atom stereocenters. The normalized spacial score (nSPS) is 14.7. The molecule has 0 saturated carbocycles. The number of rotatable bonds is 8. The lowest BCUT2D eigenvalue weighted by atomic mass is 9.74. The third-order valence-electron chi connectivity index (χ3n) is 11.9. The van der Waals surface area contributed by atoms with Crippen molar-refractivity contribution in [1.29, 1.82) is 0 Å². The largest absolute Gasteiger partial charge is 0.486 e. The molecular weight excluding hydrogens is 749 g/mol. The zero-order valence-corrected chi connectivity index (χ0v) is 34.0. The van der Waals surface area contributed by atoms with E-state index in [0.717, 1.165) is 46.0 Å². The topological polar surface area (TPSA) is 54.8 Å². The summed E-state index contributed by atoms with van der Waals surface area (Å²) in [7, 11) is 0. The summed E-state index contributed by atoms with van der Waals surface area (Å²) in [5.74, 6) is -1.18. The van der Waals surface area contributed by atoms with Gasteiger partial charge in [0.05, 0.1) is 28.6 Å². The Kier molecular flexibility index (Phi) is 9.23. The number of hydrogen-bond donors (Lipinski definition) is 1. The van der Waals surface area contributed by atoms with Crippen molar-refractivity contribution in [2.75, 3.05) is 4.90 Å². The van der Waals surface area contributed by atoms with E-state index in [2.05, 4.69) is 215 Å². The van der Waals surface area contributed by atoms with Crippen LogP contribution in [0.3, 0.4) is 0 Å². The van der Waals surface area contributed by atoms with Crippen molar-refractivity contribution in [2.45, 2.75) is 26.7 Å². The summed E-state index contributed by atoms with van der Waals surface area (Å²) >= 11 is 0. The Morgan fingerprint density at radius 3 is 1.36 bits per heavy atom. The van der Waals surface area contributed by atoms with Crippen molar-refractivity contribution in [1.82, 2.24) is 9.13 Å². The molecule has 7 aromatic carbocycles. The highest BCUT2D eigenvalue weighted by Gasteiger charge is 2.28. The molecule has 1 aliphatic carbocycles. The van der Waals surface area contributed by atoms with Crippen LogP contribution < -0.4 is 4.90 Å². The number of para-hydroxylation sites is 4. The molecule has 1 aliphatic rings. The molecule has 0 atom stereocenters. The van der Waals surface area contributed by atoms with Crippen LogP contribution in [-0.4, -0.2) is 20.2 Å². The van der Waals surface area contributed by atoms with Crippen LogP contribution in [0, 0.1) is 12.0 Å². The van der Waals surface area contributed by atoms with E-state index >= 15 is 0 Å². The van der Waals surface area contributed by atoms with Crippen molar-refractivity contribution in [3.8, 4) is 11.4 Å². The lowest BCUT2D eigenvalue weighted by Gasteiger charge is -2.31. The SMILES string of the molecule is [C-]#[N+]/C(C(=O)O)=C1C=C(/C=C/c2ccc(N(c3ccc(-n4c5ccccc5c5ccccc54)cc3)c3ccc(-n4c5ccccc5c5ccccc54)cc3)cc2)CC(C)(C)C\1. The highest BCUT2D eigenvalue weighted by atomic mass is 16.4. The summed E-state index contributed by atoms with van der Waals surface area (Å²) in [6.07, 6.45) is 7.35. The highest BCUT2D eigenvalue weighted by molar-refractivity contribution is 6.10. The van der Waals surface area contributed by atoms with Crippen molar-refractivity contribution in [3.63, 3.8) is 0 Å². The standard InChI is InChI=1S/C55H42N4O2/c1-55(2)35-38(34-39(36-55)53(56-3)54(60)61)21-20-37-22-24-40(25-23-37)57(41-26-30-43(31-27-41)58-49-16-8-4-12-45(49)46-13-5-9-17-50(46)58)42-28-32-44(33-29-42)59-51-18-10-6-14-47(51)48-15-7-11-19-52(48)59/h4-34H,35-36H2,1-2H3,(H,60,61)/b21-20+,53-39+. The van der Waals surface area contributed by atoms with E-state index in [9.17, 15) is 9.90 Å². The molecule has 9 aromatic rings.